The number of fused-ring (bicyclic) bond motifs is 2. The van der Waals surface area contributed by atoms with Gasteiger partial charge in [-0.05, 0) is 116 Å². The number of Topliss-reactive ketones (excluding diaryl/α,β-unsaturated/α-hetero) is 1. The van der Waals surface area contributed by atoms with Crippen molar-refractivity contribution in [2.24, 2.45) is 33.5 Å². The summed E-state index contributed by atoms with van der Waals surface area (Å²) in [7, 11) is 1.62. The first-order valence-corrected chi connectivity index (χ1v) is 18.9. The van der Waals surface area contributed by atoms with Crippen LogP contribution < -0.4 is 9.47 Å². The van der Waals surface area contributed by atoms with Crippen molar-refractivity contribution in [1.82, 2.24) is 4.90 Å². The zero-order valence-corrected chi connectivity index (χ0v) is 30.4. The normalized spacial score (nSPS) is 36.1. The molecule has 0 aromatic heterocycles. The first kappa shape index (κ1) is 34.2. The molecule has 268 valence electrons. The standard InChI is InChI=1S/C44H51NO6/c1-5-24-45(39(48)51-34-15-10-29-8-6-7-9-31(29)25-34)28-43(49)21-18-37-41(43,3)20-17-36-40(2)19-16-32(46)26-42(40)22-23-44(36,37)35(27-42)38(47)30-11-13-33(50-4)14-12-30/h6-15,22-23,25,27,32,36-37,46,49H,5,16-21,24,26,28H2,1-4H3. The van der Waals surface area contributed by atoms with E-state index < -0.39 is 34.0 Å². The average Bonchev–Trinajstić information content (AvgIpc) is 3.40. The Bertz CT molecular complexity index is 1930. The van der Waals surface area contributed by atoms with E-state index in [1.165, 1.54) is 0 Å². The lowest BCUT2D eigenvalue weighted by molar-refractivity contribution is -0.175. The van der Waals surface area contributed by atoms with E-state index in [9.17, 15) is 19.8 Å². The Labute approximate surface area is 301 Å². The van der Waals surface area contributed by atoms with Crippen molar-refractivity contribution in [1.29, 1.82) is 0 Å². The Balaban J connectivity index is 1.15. The lowest BCUT2D eigenvalue weighted by atomic mass is 9.32. The van der Waals surface area contributed by atoms with Gasteiger partial charge in [0.2, 0.25) is 0 Å². The third-order valence-electron chi connectivity index (χ3n) is 14.4. The van der Waals surface area contributed by atoms with Crippen molar-refractivity contribution in [2.75, 3.05) is 20.2 Å². The second-order valence-electron chi connectivity index (χ2n) is 16.7. The number of allylic oxidation sites excluding steroid dienone is 4. The molecular weight excluding hydrogens is 638 g/mol. The van der Waals surface area contributed by atoms with E-state index >= 15 is 0 Å². The van der Waals surface area contributed by atoms with E-state index in [1.807, 2.05) is 73.7 Å². The van der Waals surface area contributed by atoms with Gasteiger partial charge in [-0.25, -0.2) is 4.79 Å². The molecule has 3 fully saturated rings. The number of ketones is 1. The molecule has 0 saturated heterocycles. The van der Waals surface area contributed by atoms with E-state index in [2.05, 4.69) is 32.1 Å². The van der Waals surface area contributed by atoms with Crippen LogP contribution in [0.25, 0.3) is 10.8 Å². The van der Waals surface area contributed by atoms with Crippen LogP contribution in [-0.4, -0.2) is 58.9 Å². The minimum Gasteiger partial charge on any atom is -0.497 e. The second kappa shape index (κ2) is 12.1. The van der Waals surface area contributed by atoms with Crippen molar-refractivity contribution in [3.05, 3.63) is 96.1 Å². The Morgan fingerprint density at radius 3 is 2.29 bits per heavy atom. The first-order chi connectivity index (χ1) is 24.4. The highest BCUT2D eigenvalue weighted by molar-refractivity contribution is 6.10. The van der Waals surface area contributed by atoms with E-state index in [0.29, 0.717) is 36.4 Å². The van der Waals surface area contributed by atoms with E-state index in [4.69, 9.17) is 9.47 Å². The highest BCUT2D eigenvalue weighted by Gasteiger charge is 2.74. The SMILES string of the molecule is CCCN(CC1(O)CCC2C34C=CC5(C=C3C(=O)c3ccc(OC)cc3)CC(O)CCC5(C)C4CCC21C)C(=O)Oc1ccc2ccccc2c1. The number of carbonyl (C=O) groups excluding carboxylic acids is 2. The van der Waals surface area contributed by atoms with Crippen LogP contribution in [0.15, 0.2) is 90.5 Å². The molecule has 8 unspecified atom stereocenters. The van der Waals surface area contributed by atoms with E-state index in [0.717, 1.165) is 54.9 Å². The zero-order valence-electron chi connectivity index (χ0n) is 30.4. The van der Waals surface area contributed by atoms with Crippen molar-refractivity contribution in [2.45, 2.75) is 83.8 Å². The molecule has 9 rings (SSSR count). The maximum absolute atomic E-state index is 14.8. The van der Waals surface area contributed by atoms with E-state index in [1.54, 1.807) is 12.0 Å². The highest BCUT2D eigenvalue weighted by atomic mass is 16.6. The number of nitrogens with zero attached hydrogens (tertiary/aromatic N) is 1. The van der Waals surface area contributed by atoms with Crippen LogP contribution in [0.1, 0.15) is 82.5 Å². The van der Waals surface area contributed by atoms with Crippen LogP contribution in [0.4, 0.5) is 4.79 Å². The third-order valence-corrected chi connectivity index (χ3v) is 14.4. The number of benzene rings is 3. The van der Waals surface area contributed by atoms with Crippen molar-refractivity contribution >= 4 is 22.6 Å². The summed E-state index contributed by atoms with van der Waals surface area (Å²) in [5.41, 5.74) is -1.40. The smallest absolute Gasteiger partial charge is 0.415 e. The summed E-state index contributed by atoms with van der Waals surface area (Å²) < 4.78 is 11.4. The number of hydrogen-bond acceptors (Lipinski definition) is 6. The number of aliphatic hydroxyl groups is 2. The first-order valence-electron chi connectivity index (χ1n) is 18.9. The number of ether oxygens (including phenoxy) is 2. The molecule has 51 heavy (non-hydrogen) atoms. The number of amides is 1. The van der Waals surface area contributed by atoms with Gasteiger partial charge in [-0.1, -0.05) is 69.3 Å². The predicted molar refractivity (Wildman–Crippen MR) is 198 cm³/mol. The molecule has 2 spiro atoms. The third kappa shape index (κ3) is 4.90. The van der Waals surface area contributed by atoms with Gasteiger partial charge in [0.1, 0.15) is 11.5 Å². The quantitative estimate of drug-likeness (QED) is 0.182. The van der Waals surface area contributed by atoms with E-state index in [-0.39, 0.29) is 29.6 Å². The van der Waals surface area contributed by atoms with Gasteiger partial charge in [-0.3, -0.25) is 4.79 Å². The summed E-state index contributed by atoms with van der Waals surface area (Å²) in [4.78, 5) is 30.4. The molecular formula is C44H51NO6. The van der Waals surface area contributed by atoms with Crippen molar-refractivity contribution in [3.8, 4) is 11.5 Å². The topological polar surface area (TPSA) is 96.3 Å². The summed E-state index contributed by atoms with van der Waals surface area (Å²) >= 11 is 0. The molecule has 2 N–H and O–H groups in total. The Hall–Kier alpha value is -3.94. The number of rotatable bonds is 8. The number of aliphatic hydroxyl groups excluding tert-OH is 1. The molecule has 2 bridgehead atoms. The van der Waals surface area contributed by atoms with Crippen molar-refractivity contribution < 1.29 is 29.3 Å². The molecule has 6 aliphatic rings. The van der Waals surface area contributed by atoms with Gasteiger partial charge in [0, 0.05) is 33.9 Å². The van der Waals surface area contributed by atoms with Gasteiger partial charge in [-0.2, -0.15) is 0 Å². The zero-order chi connectivity index (χ0) is 35.8. The molecule has 7 heteroatoms. The summed E-state index contributed by atoms with van der Waals surface area (Å²) in [6.07, 6.45) is 12.0. The van der Waals surface area contributed by atoms with Gasteiger partial charge < -0.3 is 24.6 Å². The fourth-order valence-corrected chi connectivity index (χ4v) is 11.7. The van der Waals surface area contributed by atoms with Crippen LogP contribution in [0.5, 0.6) is 11.5 Å². The Kier molecular flexibility index (Phi) is 8.08. The van der Waals surface area contributed by atoms with Gasteiger partial charge in [0.15, 0.2) is 5.78 Å². The van der Waals surface area contributed by atoms with Gasteiger partial charge in [0.05, 0.1) is 25.4 Å². The number of hydrogen-bond donors (Lipinski definition) is 2. The molecule has 0 radical (unpaired) electrons. The monoisotopic (exact) mass is 689 g/mol. The molecule has 7 nitrogen and oxygen atoms in total. The fraction of sp³-hybridized carbons (Fsp3) is 0.500. The molecule has 3 aromatic rings. The number of methoxy groups -OCH3 is 1. The largest absolute Gasteiger partial charge is 0.497 e. The minimum absolute atomic E-state index is 0.0135. The Morgan fingerprint density at radius 2 is 1.55 bits per heavy atom. The molecule has 3 saturated carbocycles. The fourth-order valence-electron chi connectivity index (χ4n) is 11.7. The number of carbonyl (C=O) groups is 2. The molecule has 8 atom stereocenters. The van der Waals surface area contributed by atoms with Gasteiger partial charge >= 0.3 is 6.09 Å². The lowest BCUT2D eigenvalue weighted by Crippen LogP contribution is -2.67. The summed E-state index contributed by atoms with van der Waals surface area (Å²) in [6.45, 7) is 7.27. The highest BCUT2D eigenvalue weighted by Crippen LogP contribution is 2.78. The summed E-state index contributed by atoms with van der Waals surface area (Å²) in [6, 6.07) is 21.0. The van der Waals surface area contributed by atoms with Gasteiger partial charge in [-0.15, -0.1) is 0 Å². The Morgan fingerprint density at radius 1 is 0.863 bits per heavy atom. The maximum Gasteiger partial charge on any atom is 0.415 e. The van der Waals surface area contributed by atoms with Crippen LogP contribution in [0.3, 0.4) is 0 Å². The van der Waals surface area contributed by atoms with Crippen LogP contribution >= 0.6 is 0 Å². The molecule has 6 aliphatic carbocycles. The van der Waals surface area contributed by atoms with Crippen molar-refractivity contribution in [3.63, 3.8) is 0 Å². The predicted octanol–water partition coefficient (Wildman–Crippen LogP) is 8.53. The lowest BCUT2D eigenvalue weighted by Gasteiger charge is -2.71. The van der Waals surface area contributed by atoms with Gasteiger partial charge in [0.25, 0.3) is 0 Å². The molecule has 3 aromatic carbocycles. The van der Waals surface area contributed by atoms with Crippen LogP contribution in [0, 0.1) is 33.5 Å². The molecule has 0 aliphatic heterocycles. The molecule has 0 heterocycles. The minimum atomic E-state index is -1.17. The average molecular weight is 690 g/mol. The van der Waals surface area contributed by atoms with Crippen LogP contribution in [-0.2, 0) is 0 Å². The molecule has 1 amide bonds. The second-order valence-corrected chi connectivity index (χ2v) is 16.7. The maximum atomic E-state index is 14.8. The summed E-state index contributed by atoms with van der Waals surface area (Å²) in [5.74, 6) is 1.37. The summed E-state index contributed by atoms with van der Waals surface area (Å²) in [5, 5.41) is 26.0. The van der Waals surface area contributed by atoms with Crippen LogP contribution in [0.2, 0.25) is 0 Å².